The molecule has 0 amide bonds. The van der Waals surface area contributed by atoms with E-state index in [1.165, 1.54) is 18.1 Å². The molecule has 1 aliphatic carbocycles. The van der Waals surface area contributed by atoms with Gasteiger partial charge in [-0.2, -0.15) is 0 Å². The van der Waals surface area contributed by atoms with Gasteiger partial charge >= 0.3 is 5.97 Å². The van der Waals surface area contributed by atoms with Crippen LogP contribution in [0.1, 0.15) is 81.6 Å². The number of carbonyl (C=O) groups excluding carboxylic acids is 3. The molecule has 1 atom stereocenters. The van der Waals surface area contributed by atoms with Gasteiger partial charge in [0.1, 0.15) is 5.78 Å². The molecule has 1 rings (SSSR count). The van der Waals surface area contributed by atoms with Gasteiger partial charge in [-0.05, 0) is 65.0 Å². The molecule has 1 aliphatic rings. The average molecular weight is 557 g/mol. The standard InChI is InChI=1S/C37H48O4/c1-10-15-27(2)18-13-19-28(3)16-11-12-17-29(4)20-14-21-30(5)22-24-33-32(7)36(40)34(26-37(33,8)9)41-35(39)25-23-31(6)38/h10-22,24,34H,23,25-26H2,1-9H3/b12-11+,15-10+,19-13+,20-14+,24-22+,27-18+,28-16+,29-17+,30-21+. The molecule has 0 aromatic rings. The van der Waals surface area contributed by atoms with Gasteiger partial charge in [0.05, 0.1) is 6.42 Å². The van der Waals surface area contributed by atoms with Crippen LogP contribution in [0, 0.1) is 5.41 Å². The first kappa shape index (κ1) is 35.2. The number of ether oxygens (including phenoxy) is 1. The third kappa shape index (κ3) is 13.9. The molecule has 0 aliphatic heterocycles. The second kappa shape index (κ2) is 17.8. The molecule has 4 heteroatoms. The molecular weight excluding hydrogens is 508 g/mol. The molecule has 0 spiro atoms. The Morgan fingerprint density at radius 3 is 1.78 bits per heavy atom. The predicted octanol–water partition coefficient (Wildman–Crippen LogP) is 9.17. The smallest absolute Gasteiger partial charge is 0.306 e. The number of esters is 1. The van der Waals surface area contributed by atoms with Gasteiger partial charge in [0.25, 0.3) is 0 Å². The zero-order valence-corrected chi connectivity index (χ0v) is 26.4. The number of carbonyl (C=O) groups is 3. The quantitative estimate of drug-likeness (QED) is 0.168. The molecule has 0 aromatic heterocycles. The number of hydrogen-bond acceptors (Lipinski definition) is 4. The van der Waals surface area contributed by atoms with E-state index < -0.39 is 12.1 Å². The Morgan fingerprint density at radius 1 is 0.780 bits per heavy atom. The van der Waals surface area contributed by atoms with Gasteiger partial charge in [-0.15, -0.1) is 0 Å². The zero-order valence-electron chi connectivity index (χ0n) is 26.4. The molecule has 0 saturated carbocycles. The first-order chi connectivity index (χ1) is 19.3. The number of rotatable bonds is 13. The molecule has 0 heterocycles. The maximum absolute atomic E-state index is 12.9. The molecular formula is C37H48O4. The van der Waals surface area contributed by atoms with Gasteiger partial charge in [-0.25, -0.2) is 0 Å². The lowest BCUT2D eigenvalue weighted by Crippen LogP contribution is -2.39. The summed E-state index contributed by atoms with van der Waals surface area (Å²) in [5.41, 5.74) is 5.78. The molecule has 0 bridgehead atoms. The minimum absolute atomic E-state index is 0.00117. The highest BCUT2D eigenvalue weighted by molar-refractivity contribution is 6.01. The van der Waals surface area contributed by atoms with Crippen molar-refractivity contribution >= 4 is 17.5 Å². The van der Waals surface area contributed by atoms with Crippen LogP contribution in [0.15, 0.2) is 119 Å². The lowest BCUT2D eigenvalue weighted by atomic mass is 9.71. The average Bonchev–Trinajstić information content (AvgIpc) is 2.88. The van der Waals surface area contributed by atoms with Crippen molar-refractivity contribution in [2.24, 2.45) is 5.41 Å². The summed E-state index contributed by atoms with van der Waals surface area (Å²) in [6.45, 7) is 17.6. The lowest BCUT2D eigenvalue weighted by Gasteiger charge is -2.36. The van der Waals surface area contributed by atoms with Crippen molar-refractivity contribution in [3.05, 3.63) is 119 Å². The van der Waals surface area contributed by atoms with Crippen LogP contribution in [0.2, 0.25) is 0 Å². The Labute approximate surface area is 248 Å². The van der Waals surface area contributed by atoms with E-state index in [1.54, 1.807) is 6.92 Å². The Bertz CT molecular complexity index is 1260. The van der Waals surface area contributed by atoms with Gasteiger partial charge in [-0.3, -0.25) is 9.59 Å². The van der Waals surface area contributed by atoms with Crippen molar-refractivity contribution in [1.29, 1.82) is 0 Å². The fourth-order valence-corrected chi connectivity index (χ4v) is 4.31. The molecule has 0 saturated heterocycles. The second-order valence-electron chi connectivity index (χ2n) is 11.3. The zero-order chi connectivity index (χ0) is 31.0. The van der Waals surface area contributed by atoms with Crippen LogP contribution in [-0.2, 0) is 19.1 Å². The van der Waals surface area contributed by atoms with Crippen molar-refractivity contribution in [3.8, 4) is 0 Å². The van der Waals surface area contributed by atoms with E-state index in [-0.39, 0.29) is 29.8 Å². The van der Waals surface area contributed by atoms with Gasteiger partial charge in [-0.1, -0.05) is 121 Å². The fourth-order valence-electron chi connectivity index (χ4n) is 4.31. The summed E-state index contributed by atoms with van der Waals surface area (Å²) in [4.78, 5) is 36.2. The van der Waals surface area contributed by atoms with Crippen LogP contribution >= 0.6 is 0 Å². The first-order valence-electron chi connectivity index (χ1n) is 14.2. The number of allylic oxidation sites excluding steroid dienone is 19. The van der Waals surface area contributed by atoms with Crippen LogP contribution in [0.25, 0.3) is 0 Å². The lowest BCUT2D eigenvalue weighted by molar-refractivity contribution is -0.156. The summed E-state index contributed by atoms with van der Waals surface area (Å²) in [6.07, 6.45) is 28.4. The molecule has 0 fully saturated rings. The maximum atomic E-state index is 12.9. The number of Topliss-reactive ketones (excluding diaryl/α,β-unsaturated/α-hetero) is 2. The Balaban J connectivity index is 2.81. The molecule has 220 valence electrons. The minimum atomic E-state index is -0.810. The molecule has 0 N–H and O–H groups in total. The molecule has 4 nitrogen and oxygen atoms in total. The number of hydrogen-bond donors (Lipinski definition) is 0. The summed E-state index contributed by atoms with van der Waals surface area (Å²) < 4.78 is 5.45. The van der Waals surface area contributed by atoms with E-state index in [1.807, 2.05) is 56.4 Å². The molecule has 0 radical (unpaired) electrons. The van der Waals surface area contributed by atoms with E-state index in [2.05, 4.69) is 77.2 Å². The summed E-state index contributed by atoms with van der Waals surface area (Å²) in [5.74, 6) is -0.754. The van der Waals surface area contributed by atoms with Crippen LogP contribution < -0.4 is 0 Å². The van der Waals surface area contributed by atoms with Crippen LogP contribution in [-0.4, -0.2) is 23.6 Å². The first-order valence-corrected chi connectivity index (χ1v) is 14.2. The number of ketones is 2. The Morgan fingerprint density at radius 2 is 1.27 bits per heavy atom. The summed E-state index contributed by atoms with van der Waals surface area (Å²) in [5, 5.41) is 0. The van der Waals surface area contributed by atoms with Crippen molar-refractivity contribution in [2.75, 3.05) is 0 Å². The monoisotopic (exact) mass is 556 g/mol. The predicted molar refractivity (Wildman–Crippen MR) is 172 cm³/mol. The van der Waals surface area contributed by atoms with Crippen LogP contribution in [0.4, 0.5) is 0 Å². The summed E-state index contributed by atoms with van der Waals surface area (Å²) in [6, 6.07) is 0. The summed E-state index contributed by atoms with van der Waals surface area (Å²) in [7, 11) is 0. The van der Waals surface area contributed by atoms with E-state index in [4.69, 9.17) is 4.74 Å². The fraction of sp³-hybridized carbons (Fsp3) is 0.378. The van der Waals surface area contributed by atoms with E-state index in [9.17, 15) is 14.4 Å². The topological polar surface area (TPSA) is 60.4 Å². The van der Waals surface area contributed by atoms with Gasteiger partial charge in [0, 0.05) is 12.8 Å². The Kier molecular flexibility index (Phi) is 15.3. The summed E-state index contributed by atoms with van der Waals surface area (Å²) >= 11 is 0. The molecule has 1 unspecified atom stereocenters. The van der Waals surface area contributed by atoms with Crippen LogP contribution in [0.3, 0.4) is 0 Å². The van der Waals surface area contributed by atoms with Gasteiger partial charge < -0.3 is 9.53 Å². The van der Waals surface area contributed by atoms with Gasteiger partial charge in [0.2, 0.25) is 0 Å². The van der Waals surface area contributed by atoms with Gasteiger partial charge in [0.15, 0.2) is 11.9 Å². The van der Waals surface area contributed by atoms with Crippen molar-refractivity contribution < 1.29 is 19.1 Å². The highest BCUT2D eigenvalue weighted by Gasteiger charge is 2.39. The van der Waals surface area contributed by atoms with Crippen LogP contribution in [0.5, 0.6) is 0 Å². The highest BCUT2D eigenvalue weighted by Crippen LogP contribution is 2.40. The Hall–Kier alpha value is -3.79. The normalized spacial score (nSPS) is 19.6. The van der Waals surface area contributed by atoms with E-state index in [0.29, 0.717) is 12.0 Å². The second-order valence-corrected chi connectivity index (χ2v) is 11.3. The molecule has 0 aromatic carbocycles. The van der Waals surface area contributed by atoms with E-state index in [0.717, 1.165) is 16.7 Å². The largest absolute Gasteiger partial charge is 0.454 e. The van der Waals surface area contributed by atoms with Crippen molar-refractivity contribution in [1.82, 2.24) is 0 Å². The maximum Gasteiger partial charge on any atom is 0.306 e. The van der Waals surface area contributed by atoms with E-state index >= 15 is 0 Å². The van der Waals surface area contributed by atoms with Crippen molar-refractivity contribution in [2.45, 2.75) is 87.7 Å². The van der Waals surface area contributed by atoms with Crippen molar-refractivity contribution in [3.63, 3.8) is 0 Å². The minimum Gasteiger partial charge on any atom is -0.454 e. The third-order valence-corrected chi connectivity index (χ3v) is 6.65. The molecule has 41 heavy (non-hydrogen) atoms. The SMILES string of the molecule is C/C=C/C(C)=C/C=C/C(C)=C/C=C/C=C(C)/C=C/C=C(C)/C=C/C1=C(C)C(=O)C(OC(=O)CCC(C)=O)CC1(C)C. The third-order valence-electron chi connectivity index (χ3n) is 6.65. The highest BCUT2D eigenvalue weighted by atomic mass is 16.5.